The molecule has 1 aromatic rings. The number of alkyl halides is 2. The molecule has 2 aliphatic rings. The smallest absolute Gasteiger partial charge is 0.266 e. The normalized spacial score (nSPS) is 27.0. The second-order valence-corrected chi connectivity index (χ2v) is 6.67. The van der Waals surface area contributed by atoms with Gasteiger partial charge in [-0.05, 0) is 42.9 Å². The third kappa shape index (κ3) is 2.97. The van der Waals surface area contributed by atoms with Crippen LogP contribution in [0.2, 0.25) is 5.02 Å². The van der Waals surface area contributed by atoms with Crippen LogP contribution < -0.4 is 0 Å². The Labute approximate surface area is 132 Å². The minimum Gasteiger partial charge on any atom is -0.384 e. The molecule has 2 fully saturated rings. The summed E-state index contributed by atoms with van der Waals surface area (Å²) < 4.78 is 25.5. The first kappa shape index (κ1) is 15.7. The van der Waals surface area contributed by atoms with Crippen molar-refractivity contribution in [3.63, 3.8) is 0 Å². The summed E-state index contributed by atoms with van der Waals surface area (Å²) in [5.74, 6) is 0.0830. The SMILES string of the molecule is O=C([C@H]1C[C@@H]1c1cccc(Cl)c1)N1CCC(O)(C(F)F)CC1. The summed E-state index contributed by atoms with van der Waals surface area (Å²) in [5.41, 5.74) is -0.890. The van der Waals surface area contributed by atoms with Crippen LogP contribution in [0.4, 0.5) is 8.78 Å². The first-order valence-electron chi connectivity index (χ1n) is 7.45. The number of amides is 1. The monoisotopic (exact) mass is 329 g/mol. The third-order valence-corrected chi connectivity index (χ3v) is 4.97. The van der Waals surface area contributed by atoms with Crippen LogP contribution in [0.15, 0.2) is 24.3 Å². The quantitative estimate of drug-likeness (QED) is 0.926. The molecule has 1 aliphatic heterocycles. The molecule has 1 aliphatic carbocycles. The van der Waals surface area contributed by atoms with Crippen molar-refractivity contribution in [2.24, 2.45) is 5.92 Å². The molecule has 1 heterocycles. The van der Waals surface area contributed by atoms with E-state index >= 15 is 0 Å². The summed E-state index contributed by atoms with van der Waals surface area (Å²) in [6.45, 7) is 0.386. The number of carbonyl (C=O) groups is 1. The van der Waals surface area contributed by atoms with Gasteiger partial charge in [-0.15, -0.1) is 0 Å². The average molecular weight is 330 g/mol. The van der Waals surface area contributed by atoms with Crippen molar-refractivity contribution >= 4 is 17.5 Å². The minimum atomic E-state index is -2.76. The molecule has 3 nitrogen and oxygen atoms in total. The van der Waals surface area contributed by atoms with Crippen molar-refractivity contribution in [3.05, 3.63) is 34.9 Å². The predicted molar refractivity (Wildman–Crippen MR) is 79.1 cm³/mol. The lowest BCUT2D eigenvalue weighted by molar-refractivity contribution is -0.148. The van der Waals surface area contributed by atoms with Gasteiger partial charge in [0.25, 0.3) is 6.43 Å². The maximum Gasteiger partial charge on any atom is 0.266 e. The molecule has 2 atom stereocenters. The molecule has 1 saturated carbocycles. The average Bonchev–Trinajstić information content (AvgIpc) is 3.28. The Morgan fingerprint density at radius 3 is 2.64 bits per heavy atom. The highest BCUT2D eigenvalue weighted by Gasteiger charge is 2.48. The molecule has 1 aromatic carbocycles. The number of halogens is 3. The van der Waals surface area contributed by atoms with Crippen molar-refractivity contribution in [1.82, 2.24) is 4.90 Å². The first-order chi connectivity index (χ1) is 10.4. The van der Waals surface area contributed by atoms with E-state index in [1.165, 1.54) is 0 Å². The van der Waals surface area contributed by atoms with Gasteiger partial charge in [0.15, 0.2) is 0 Å². The Morgan fingerprint density at radius 1 is 1.36 bits per heavy atom. The Bertz CT molecular complexity index is 573. The second kappa shape index (κ2) is 5.78. The summed E-state index contributed by atoms with van der Waals surface area (Å²) >= 11 is 5.96. The van der Waals surface area contributed by atoms with Crippen molar-refractivity contribution in [2.75, 3.05) is 13.1 Å². The number of hydrogen-bond donors (Lipinski definition) is 1. The molecular formula is C16H18ClF2NO2. The first-order valence-corrected chi connectivity index (χ1v) is 7.83. The van der Waals surface area contributed by atoms with Crippen LogP contribution >= 0.6 is 11.6 Å². The Hall–Kier alpha value is -1.20. The molecule has 120 valence electrons. The number of carbonyl (C=O) groups excluding carboxylic acids is 1. The van der Waals surface area contributed by atoms with Crippen molar-refractivity contribution in [3.8, 4) is 0 Å². The van der Waals surface area contributed by atoms with Gasteiger partial charge in [0.1, 0.15) is 5.60 Å². The number of nitrogens with zero attached hydrogens (tertiary/aromatic N) is 1. The van der Waals surface area contributed by atoms with Gasteiger partial charge in [0.2, 0.25) is 5.91 Å². The van der Waals surface area contributed by atoms with E-state index in [0.29, 0.717) is 5.02 Å². The molecular weight excluding hydrogens is 312 g/mol. The van der Waals surface area contributed by atoms with E-state index in [9.17, 15) is 18.7 Å². The number of benzene rings is 1. The number of likely N-dealkylation sites (tertiary alicyclic amines) is 1. The predicted octanol–water partition coefficient (Wildman–Crippen LogP) is 3.06. The number of hydrogen-bond acceptors (Lipinski definition) is 2. The van der Waals surface area contributed by atoms with Gasteiger partial charge in [-0.2, -0.15) is 0 Å². The highest BCUT2D eigenvalue weighted by atomic mass is 35.5. The van der Waals surface area contributed by atoms with Crippen LogP contribution in [-0.4, -0.2) is 41.0 Å². The summed E-state index contributed by atoms with van der Waals surface area (Å²) in [7, 11) is 0. The van der Waals surface area contributed by atoms with Gasteiger partial charge < -0.3 is 10.0 Å². The zero-order chi connectivity index (χ0) is 15.9. The lowest BCUT2D eigenvalue weighted by atomic mass is 9.91. The highest BCUT2D eigenvalue weighted by molar-refractivity contribution is 6.30. The van der Waals surface area contributed by atoms with E-state index in [2.05, 4.69) is 0 Å². The molecule has 1 saturated heterocycles. The zero-order valence-electron chi connectivity index (χ0n) is 12.0. The Morgan fingerprint density at radius 2 is 2.05 bits per heavy atom. The van der Waals surface area contributed by atoms with Crippen LogP contribution in [0.5, 0.6) is 0 Å². The molecule has 0 aromatic heterocycles. The molecule has 22 heavy (non-hydrogen) atoms. The largest absolute Gasteiger partial charge is 0.384 e. The molecule has 0 unspecified atom stereocenters. The van der Waals surface area contributed by atoms with Crippen LogP contribution in [0, 0.1) is 5.92 Å². The third-order valence-electron chi connectivity index (χ3n) is 4.73. The van der Waals surface area contributed by atoms with E-state index in [1.807, 2.05) is 18.2 Å². The summed E-state index contributed by atoms with van der Waals surface area (Å²) in [4.78, 5) is 14.0. The van der Waals surface area contributed by atoms with Gasteiger partial charge in [0.05, 0.1) is 0 Å². The Balaban J connectivity index is 1.58. The number of aliphatic hydroxyl groups is 1. The molecule has 0 radical (unpaired) electrons. The Kier molecular flexibility index (Phi) is 4.12. The summed E-state index contributed by atoms with van der Waals surface area (Å²) in [6.07, 6.45) is -2.12. The fourth-order valence-electron chi connectivity index (χ4n) is 3.14. The maximum atomic E-state index is 12.8. The van der Waals surface area contributed by atoms with E-state index in [1.54, 1.807) is 11.0 Å². The molecule has 6 heteroatoms. The van der Waals surface area contributed by atoms with Crippen molar-refractivity contribution in [1.29, 1.82) is 0 Å². The lowest BCUT2D eigenvalue weighted by Gasteiger charge is -2.37. The molecule has 3 rings (SSSR count). The topological polar surface area (TPSA) is 40.5 Å². The fraction of sp³-hybridized carbons (Fsp3) is 0.562. The van der Waals surface area contributed by atoms with Gasteiger partial charge in [-0.3, -0.25) is 4.79 Å². The molecule has 0 bridgehead atoms. The summed E-state index contributed by atoms with van der Waals surface area (Å²) in [5, 5.41) is 10.4. The molecule has 1 amide bonds. The standard InChI is InChI=1S/C16H18ClF2NO2/c17-11-3-1-2-10(8-11)12-9-13(12)14(21)20-6-4-16(22,5-7-20)15(18)19/h1-3,8,12-13,15,22H,4-7,9H2/t12-,13+/m1/s1. The number of piperidine rings is 1. The van der Waals surface area contributed by atoms with Crippen LogP contribution in [0.3, 0.4) is 0 Å². The molecule has 0 spiro atoms. The van der Waals surface area contributed by atoms with Crippen molar-refractivity contribution in [2.45, 2.75) is 37.2 Å². The fourth-order valence-corrected chi connectivity index (χ4v) is 3.34. The van der Waals surface area contributed by atoms with E-state index < -0.39 is 12.0 Å². The van der Waals surface area contributed by atoms with E-state index in [4.69, 9.17) is 11.6 Å². The van der Waals surface area contributed by atoms with Gasteiger partial charge >= 0.3 is 0 Å². The van der Waals surface area contributed by atoms with Gasteiger partial charge in [0, 0.05) is 24.0 Å². The van der Waals surface area contributed by atoms with Gasteiger partial charge in [-0.1, -0.05) is 23.7 Å². The zero-order valence-corrected chi connectivity index (χ0v) is 12.8. The number of rotatable bonds is 3. The van der Waals surface area contributed by atoms with Crippen LogP contribution in [0.1, 0.15) is 30.7 Å². The van der Waals surface area contributed by atoms with Crippen LogP contribution in [-0.2, 0) is 4.79 Å². The van der Waals surface area contributed by atoms with Crippen LogP contribution in [0.25, 0.3) is 0 Å². The maximum absolute atomic E-state index is 12.8. The summed E-state index contributed by atoms with van der Waals surface area (Å²) in [6, 6.07) is 7.47. The van der Waals surface area contributed by atoms with E-state index in [0.717, 1.165) is 12.0 Å². The second-order valence-electron chi connectivity index (χ2n) is 6.23. The minimum absolute atomic E-state index is 0.00120. The highest BCUT2D eigenvalue weighted by Crippen LogP contribution is 2.49. The van der Waals surface area contributed by atoms with Crippen molar-refractivity contribution < 1.29 is 18.7 Å². The lowest BCUT2D eigenvalue weighted by Crippen LogP contribution is -2.50. The molecule has 1 N–H and O–H groups in total. The van der Waals surface area contributed by atoms with Gasteiger partial charge in [-0.25, -0.2) is 8.78 Å². The van der Waals surface area contributed by atoms with E-state index in [-0.39, 0.29) is 43.7 Å².